The number of aromatic nitrogens is 1. The fourth-order valence-electron chi connectivity index (χ4n) is 2.36. The van der Waals surface area contributed by atoms with E-state index >= 15 is 0 Å². The maximum absolute atomic E-state index is 11.7. The van der Waals surface area contributed by atoms with Gasteiger partial charge in [-0.3, -0.25) is 9.59 Å². The summed E-state index contributed by atoms with van der Waals surface area (Å²) in [6.07, 6.45) is 4.76. The molecule has 1 aliphatic rings. The number of carbonyl (C=O) groups excluding carboxylic acids is 2. The van der Waals surface area contributed by atoms with E-state index in [4.69, 9.17) is 9.47 Å². The summed E-state index contributed by atoms with van der Waals surface area (Å²) in [5.74, 6) is -1.61. The summed E-state index contributed by atoms with van der Waals surface area (Å²) in [5, 5.41) is 0. The summed E-state index contributed by atoms with van der Waals surface area (Å²) in [7, 11) is 2.67. The molecule has 1 N–H and O–H groups in total. The van der Waals surface area contributed by atoms with Crippen molar-refractivity contribution >= 4 is 11.9 Å². The lowest BCUT2D eigenvalue weighted by Gasteiger charge is -2.27. The number of aromatic amines is 1. The Morgan fingerprint density at radius 2 is 1.47 bits per heavy atom. The van der Waals surface area contributed by atoms with Crippen LogP contribution in [0, 0.1) is 11.8 Å². The zero-order valence-electron chi connectivity index (χ0n) is 9.86. The first-order valence-electron chi connectivity index (χ1n) is 5.47. The average Bonchev–Trinajstić information content (AvgIpc) is 2.82. The Bertz CT molecular complexity index is 399. The van der Waals surface area contributed by atoms with Crippen LogP contribution < -0.4 is 0 Å². The van der Waals surface area contributed by atoms with Gasteiger partial charge in [-0.1, -0.05) is 0 Å². The van der Waals surface area contributed by atoms with Gasteiger partial charge in [0.25, 0.3) is 0 Å². The zero-order valence-corrected chi connectivity index (χ0v) is 9.86. The molecule has 0 fully saturated rings. The molecule has 0 aliphatic heterocycles. The molecule has 0 bridgehead atoms. The average molecular weight is 237 g/mol. The van der Waals surface area contributed by atoms with Gasteiger partial charge in [-0.25, -0.2) is 0 Å². The molecule has 5 nitrogen and oxygen atoms in total. The number of carbonyl (C=O) groups is 2. The molecular weight excluding hydrogens is 222 g/mol. The highest BCUT2D eigenvalue weighted by molar-refractivity contribution is 5.83. The van der Waals surface area contributed by atoms with Crippen LogP contribution in [0.1, 0.15) is 11.1 Å². The highest BCUT2D eigenvalue weighted by atomic mass is 16.5. The second-order valence-electron chi connectivity index (χ2n) is 4.17. The Hall–Kier alpha value is -1.78. The van der Waals surface area contributed by atoms with Crippen molar-refractivity contribution in [3.8, 4) is 0 Å². The Kier molecular flexibility index (Phi) is 3.17. The third-order valence-electron chi connectivity index (χ3n) is 3.30. The second-order valence-corrected chi connectivity index (χ2v) is 4.17. The lowest BCUT2D eigenvalue weighted by atomic mass is 9.77. The number of nitrogens with one attached hydrogen (secondary N) is 1. The lowest BCUT2D eigenvalue weighted by Crippen LogP contribution is -2.37. The fourth-order valence-corrected chi connectivity index (χ4v) is 2.36. The highest BCUT2D eigenvalue weighted by Crippen LogP contribution is 2.31. The maximum atomic E-state index is 11.7. The van der Waals surface area contributed by atoms with E-state index < -0.39 is 11.8 Å². The molecule has 0 amide bonds. The summed E-state index contributed by atoms with van der Waals surface area (Å²) in [6.45, 7) is 0. The van der Waals surface area contributed by atoms with Crippen molar-refractivity contribution in [2.75, 3.05) is 14.2 Å². The Morgan fingerprint density at radius 1 is 1.06 bits per heavy atom. The molecule has 1 heterocycles. The number of hydrogen-bond donors (Lipinski definition) is 1. The predicted octanol–water partition coefficient (Wildman–Crippen LogP) is 0.692. The minimum absolute atomic E-state index is 0.354. The largest absolute Gasteiger partial charge is 0.469 e. The number of methoxy groups -OCH3 is 2. The van der Waals surface area contributed by atoms with E-state index in [1.54, 1.807) is 0 Å². The van der Waals surface area contributed by atoms with Gasteiger partial charge >= 0.3 is 11.9 Å². The lowest BCUT2D eigenvalue weighted by molar-refractivity contribution is -0.158. The number of fused-ring (bicyclic) bond motifs is 1. The van der Waals surface area contributed by atoms with Gasteiger partial charge in [-0.2, -0.15) is 0 Å². The van der Waals surface area contributed by atoms with E-state index in [0.29, 0.717) is 12.8 Å². The molecule has 0 saturated carbocycles. The molecule has 1 aliphatic carbocycles. The number of esters is 2. The van der Waals surface area contributed by atoms with Crippen molar-refractivity contribution in [2.45, 2.75) is 12.8 Å². The van der Waals surface area contributed by atoms with Crippen LogP contribution in [-0.2, 0) is 31.9 Å². The van der Waals surface area contributed by atoms with Gasteiger partial charge < -0.3 is 14.5 Å². The van der Waals surface area contributed by atoms with Gasteiger partial charge in [0.05, 0.1) is 26.1 Å². The third-order valence-corrected chi connectivity index (χ3v) is 3.30. The summed E-state index contributed by atoms with van der Waals surface area (Å²) in [6, 6.07) is 0. The number of rotatable bonds is 2. The summed E-state index contributed by atoms with van der Waals surface area (Å²) in [4.78, 5) is 26.4. The van der Waals surface area contributed by atoms with Gasteiger partial charge in [0.15, 0.2) is 0 Å². The topological polar surface area (TPSA) is 68.4 Å². The second kappa shape index (κ2) is 4.61. The van der Waals surface area contributed by atoms with Crippen LogP contribution in [0.2, 0.25) is 0 Å². The van der Waals surface area contributed by atoms with Crippen LogP contribution in [-0.4, -0.2) is 31.1 Å². The normalized spacial score (nSPS) is 22.7. The van der Waals surface area contributed by atoms with E-state index in [1.807, 2.05) is 12.4 Å². The van der Waals surface area contributed by atoms with Crippen LogP contribution in [0.25, 0.3) is 0 Å². The van der Waals surface area contributed by atoms with Gasteiger partial charge in [0.2, 0.25) is 0 Å². The molecule has 92 valence electrons. The molecule has 1 aromatic heterocycles. The van der Waals surface area contributed by atoms with Crippen LogP contribution in [0.4, 0.5) is 0 Å². The van der Waals surface area contributed by atoms with E-state index in [2.05, 4.69) is 4.98 Å². The summed E-state index contributed by atoms with van der Waals surface area (Å²) < 4.78 is 9.50. The van der Waals surface area contributed by atoms with Crippen LogP contribution >= 0.6 is 0 Å². The quantitative estimate of drug-likeness (QED) is 0.768. The summed E-state index contributed by atoms with van der Waals surface area (Å²) in [5.41, 5.74) is 2.14. The first-order valence-corrected chi connectivity index (χ1v) is 5.47. The predicted molar refractivity (Wildman–Crippen MR) is 59.2 cm³/mol. The van der Waals surface area contributed by atoms with Crippen molar-refractivity contribution in [1.29, 1.82) is 0 Å². The molecule has 17 heavy (non-hydrogen) atoms. The maximum Gasteiger partial charge on any atom is 0.309 e. The molecule has 0 aromatic carbocycles. The van der Waals surface area contributed by atoms with E-state index in [-0.39, 0.29) is 11.9 Å². The first kappa shape index (κ1) is 11.7. The van der Waals surface area contributed by atoms with Crippen LogP contribution in [0.3, 0.4) is 0 Å². The van der Waals surface area contributed by atoms with E-state index in [9.17, 15) is 9.59 Å². The first-order chi connectivity index (χ1) is 8.17. The molecule has 2 rings (SSSR count). The number of ether oxygens (including phenoxy) is 2. The molecule has 0 saturated heterocycles. The molecule has 0 spiro atoms. The highest BCUT2D eigenvalue weighted by Gasteiger charge is 2.39. The van der Waals surface area contributed by atoms with Gasteiger partial charge in [-0.15, -0.1) is 0 Å². The molecule has 2 atom stereocenters. The molecule has 0 radical (unpaired) electrons. The van der Waals surface area contributed by atoms with Gasteiger partial charge in [-0.05, 0) is 24.0 Å². The minimum atomic E-state index is -0.448. The van der Waals surface area contributed by atoms with Crippen molar-refractivity contribution in [3.05, 3.63) is 23.5 Å². The number of H-pyrrole nitrogens is 1. The third kappa shape index (κ3) is 2.05. The van der Waals surface area contributed by atoms with E-state index in [1.165, 1.54) is 14.2 Å². The van der Waals surface area contributed by atoms with Crippen molar-refractivity contribution in [2.24, 2.45) is 11.8 Å². The monoisotopic (exact) mass is 237 g/mol. The van der Waals surface area contributed by atoms with Crippen LogP contribution in [0.5, 0.6) is 0 Å². The standard InChI is InChI=1S/C12H15NO4/c1-16-11(14)9-3-7-5-13-6-8(7)4-10(9)12(15)17-2/h5-6,9-10,13H,3-4H2,1-2H3. The summed E-state index contributed by atoms with van der Waals surface area (Å²) >= 11 is 0. The van der Waals surface area contributed by atoms with Crippen molar-refractivity contribution in [3.63, 3.8) is 0 Å². The Balaban J connectivity index is 2.29. The fraction of sp³-hybridized carbons (Fsp3) is 0.500. The number of hydrogen-bond acceptors (Lipinski definition) is 4. The van der Waals surface area contributed by atoms with Crippen LogP contribution in [0.15, 0.2) is 12.4 Å². The SMILES string of the molecule is COC(=O)C1Cc2c[nH]cc2CC1C(=O)OC. The Labute approximate surface area is 99.1 Å². The molecule has 5 heteroatoms. The Morgan fingerprint density at radius 3 is 1.82 bits per heavy atom. The van der Waals surface area contributed by atoms with Crippen molar-refractivity contribution < 1.29 is 19.1 Å². The molecular formula is C12H15NO4. The smallest absolute Gasteiger partial charge is 0.309 e. The van der Waals surface area contributed by atoms with Gasteiger partial charge in [0.1, 0.15) is 0 Å². The molecule has 2 unspecified atom stereocenters. The zero-order chi connectivity index (χ0) is 12.4. The minimum Gasteiger partial charge on any atom is -0.469 e. The van der Waals surface area contributed by atoms with E-state index in [0.717, 1.165) is 11.1 Å². The van der Waals surface area contributed by atoms with Gasteiger partial charge in [0, 0.05) is 12.4 Å². The molecule has 1 aromatic rings. The van der Waals surface area contributed by atoms with Crippen molar-refractivity contribution in [1.82, 2.24) is 4.98 Å².